The Morgan fingerprint density at radius 1 is 1.69 bits per heavy atom. The highest BCUT2D eigenvalue weighted by Gasteiger charge is 2.14. The molecule has 0 fully saturated rings. The molecule has 6 heteroatoms. The van der Waals surface area contributed by atoms with Crippen LogP contribution in [0.15, 0.2) is 12.7 Å². The maximum absolute atomic E-state index is 10.3. The van der Waals surface area contributed by atoms with E-state index in [4.69, 9.17) is 0 Å². The van der Waals surface area contributed by atoms with Crippen molar-refractivity contribution in [3.63, 3.8) is 0 Å². The average molecular weight is 208 g/mol. The van der Waals surface area contributed by atoms with Crippen LogP contribution in [0.2, 0.25) is 0 Å². The van der Waals surface area contributed by atoms with Crippen molar-refractivity contribution < 1.29 is 18.4 Å². The maximum atomic E-state index is 10.3. The first kappa shape index (κ1) is 14.7. The van der Waals surface area contributed by atoms with Crippen LogP contribution in [0.3, 0.4) is 0 Å². The van der Waals surface area contributed by atoms with E-state index in [1.807, 2.05) is 6.92 Å². The van der Waals surface area contributed by atoms with Gasteiger partial charge < -0.3 is 5.73 Å². The summed E-state index contributed by atoms with van der Waals surface area (Å²) in [5, 5.41) is 0. The lowest BCUT2D eigenvalue weighted by atomic mass is 10.5. The second-order valence-corrected chi connectivity index (χ2v) is 2.92. The predicted molar refractivity (Wildman–Crippen MR) is 50.2 cm³/mol. The molecular weight excluding hydrogens is 193 g/mol. The molecule has 0 aliphatic heterocycles. The minimum atomic E-state index is -1.83. The summed E-state index contributed by atoms with van der Waals surface area (Å²) in [6, 6.07) is 0. The van der Waals surface area contributed by atoms with E-state index in [2.05, 4.69) is 21.4 Å². The van der Waals surface area contributed by atoms with E-state index in [-0.39, 0.29) is 0 Å². The number of carbonyl (C=O) groups is 1. The zero-order valence-corrected chi connectivity index (χ0v) is 8.75. The molecule has 0 rings (SSSR count). The number of nitrogens with two attached hydrogens (primary N) is 1. The van der Waals surface area contributed by atoms with Crippen LogP contribution in [-0.4, -0.2) is 19.6 Å². The smallest absolute Gasteiger partial charge is 0.366 e. The molecule has 1 unspecified atom stereocenters. The van der Waals surface area contributed by atoms with E-state index in [1.165, 1.54) is 7.11 Å². The Morgan fingerprint density at radius 2 is 2.15 bits per heavy atom. The third-order valence-electron chi connectivity index (χ3n) is 0.751. The van der Waals surface area contributed by atoms with Gasteiger partial charge in [-0.15, -0.1) is 9.05 Å². The van der Waals surface area contributed by atoms with Crippen LogP contribution < -0.4 is 5.73 Å². The number of primary amides is 1. The molecule has 0 aromatic carbocycles. The van der Waals surface area contributed by atoms with E-state index in [0.717, 1.165) is 12.5 Å². The van der Waals surface area contributed by atoms with Crippen molar-refractivity contribution in [3.05, 3.63) is 12.7 Å². The van der Waals surface area contributed by atoms with Crippen molar-refractivity contribution in [1.29, 1.82) is 0 Å². The standard InChI is InChI=1S/C4H10O3P.C3H5NO/c1-3-4-7-8(5)6-2;1-2-3(4)5/h3-4H2,1-2H3;2H,1H2,(H2,4,5)/q+1;. The van der Waals surface area contributed by atoms with Gasteiger partial charge in [0.05, 0.1) is 7.11 Å². The van der Waals surface area contributed by atoms with E-state index in [9.17, 15) is 9.36 Å². The van der Waals surface area contributed by atoms with Gasteiger partial charge >= 0.3 is 8.25 Å². The highest BCUT2D eigenvalue weighted by Crippen LogP contribution is 2.20. The van der Waals surface area contributed by atoms with E-state index in [1.54, 1.807) is 0 Å². The predicted octanol–water partition coefficient (Wildman–Crippen LogP) is 1.37. The van der Waals surface area contributed by atoms with Gasteiger partial charge in [0.1, 0.15) is 6.61 Å². The van der Waals surface area contributed by atoms with Crippen molar-refractivity contribution in [1.82, 2.24) is 0 Å². The number of hydrogen-bond donors (Lipinski definition) is 1. The van der Waals surface area contributed by atoms with Crippen molar-refractivity contribution in [3.8, 4) is 0 Å². The van der Waals surface area contributed by atoms with Gasteiger partial charge in [0.2, 0.25) is 5.91 Å². The van der Waals surface area contributed by atoms with Crippen LogP contribution in [0.25, 0.3) is 0 Å². The summed E-state index contributed by atoms with van der Waals surface area (Å²) in [5.74, 6) is -0.481. The van der Waals surface area contributed by atoms with Crippen LogP contribution in [0, 0.1) is 0 Å². The minimum Gasteiger partial charge on any atom is -0.366 e. The summed E-state index contributed by atoms with van der Waals surface area (Å²) >= 11 is 0. The minimum absolute atomic E-state index is 0.481. The molecule has 0 bridgehead atoms. The average Bonchev–Trinajstić information content (AvgIpc) is 2.15. The molecule has 2 N–H and O–H groups in total. The van der Waals surface area contributed by atoms with Crippen molar-refractivity contribution in [2.75, 3.05) is 13.7 Å². The van der Waals surface area contributed by atoms with Crippen LogP contribution in [0.1, 0.15) is 13.3 Å². The fourth-order valence-electron chi connectivity index (χ4n) is 0.219. The molecule has 0 aromatic rings. The zero-order valence-electron chi connectivity index (χ0n) is 7.86. The normalized spacial score (nSPS) is 9.54. The molecule has 0 heterocycles. The third-order valence-corrected chi connectivity index (χ3v) is 1.44. The van der Waals surface area contributed by atoms with Gasteiger partial charge in [0.25, 0.3) is 0 Å². The van der Waals surface area contributed by atoms with Gasteiger partial charge in [0.15, 0.2) is 0 Å². The summed E-state index contributed by atoms with van der Waals surface area (Å²) < 4.78 is 19.2. The van der Waals surface area contributed by atoms with Gasteiger partial charge in [-0.3, -0.25) is 4.79 Å². The lowest BCUT2D eigenvalue weighted by Gasteiger charge is -1.80. The molecular formula is C7H15NO4P+. The van der Waals surface area contributed by atoms with E-state index in [0.29, 0.717) is 6.61 Å². The molecule has 0 spiro atoms. The van der Waals surface area contributed by atoms with Crippen LogP contribution >= 0.6 is 8.25 Å². The summed E-state index contributed by atoms with van der Waals surface area (Å²) in [4.78, 5) is 9.47. The Kier molecular flexibility index (Phi) is 12.7. The number of hydrogen-bond acceptors (Lipinski definition) is 4. The first-order valence-corrected chi connectivity index (χ1v) is 4.74. The molecule has 1 atom stereocenters. The highest BCUT2D eigenvalue weighted by molar-refractivity contribution is 7.33. The summed E-state index contributed by atoms with van der Waals surface area (Å²) in [6.45, 7) is 5.53. The van der Waals surface area contributed by atoms with Crippen LogP contribution in [-0.2, 0) is 18.4 Å². The SMILES string of the molecule is C=CC(N)=O.CCCO[P+](=O)OC. The molecule has 0 aliphatic rings. The van der Waals surface area contributed by atoms with E-state index < -0.39 is 14.2 Å². The number of amides is 1. The molecule has 0 radical (unpaired) electrons. The largest absolute Gasteiger partial charge is 0.697 e. The van der Waals surface area contributed by atoms with Crippen molar-refractivity contribution >= 4 is 14.2 Å². The van der Waals surface area contributed by atoms with Gasteiger partial charge in [-0.05, 0) is 12.5 Å². The summed E-state index contributed by atoms with van der Waals surface area (Å²) in [6.07, 6.45) is 1.92. The Labute approximate surface area is 78.9 Å². The summed E-state index contributed by atoms with van der Waals surface area (Å²) in [7, 11) is -0.479. The molecule has 76 valence electrons. The highest BCUT2D eigenvalue weighted by atomic mass is 31.1. The molecule has 0 saturated carbocycles. The Hall–Kier alpha value is -0.770. The molecule has 1 amide bonds. The molecule has 0 aliphatic carbocycles. The quantitative estimate of drug-likeness (QED) is 0.546. The molecule has 0 aromatic heterocycles. The van der Waals surface area contributed by atoms with E-state index >= 15 is 0 Å². The topological polar surface area (TPSA) is 78.6 Å². The van der Waals surface area contributed by atoms with Crippen molar-refractivity contribution in [2.24, 2.45) is 5.73 Å². The molecule has 5 nitrogen and oxygen atoms in total. The Bertz CT molecular complexity index is 172. The Morgan fingerprint density at radius 3 is 2.38 bits per heavy atom. The number of carbonyl (C=O) groups excluding carboxylic acids is 1. The Balaban J connectivity index is 0. The van der Waals surface area contributed by atoms with Crippen LogP contribution in [0.5, 0.6) is 0 Å². The van der Waals surface area contributed by atoms with Crippen LogP contribution in [0.4, 0.5) is 0 Å². The van der Waals surface area contributed by atoms with Crippen molar-refractivity contribution in [2.45, 2.75) is 13.3 Å². The van der Waals surface area contributed by atoms with Gasteiger partial charge in [-0.2, -0.15) is 0 Å². The fraction of sp³-hybridized carbons (Fsp3) is 0.571. The summed E-state index contributed by atoms with van der Waals surface area (Å²) in [5.41, 5.74) is 4.53. The maximum Gasteiger partial charge on any atom is 0.697 e. The number of rotatable bonds is 5. The second-order valence-electron chi connectivity index (χ2n) is 1.85. The monoisotopic (exact) mass is 208 g/mol. The first-order chi connectivity index (χ1) is 6.08. The second kappa shape index (κ2) is 11.2. The molecule has 13 heavy (non-hydrogen) atoms. The lowest BCUT2D eigenvalue weighted by Crippen LogP contribution is -2.04. The van der Waals surface area contributed by atoms with Gasteiger partial charge in [0, 0.05) is 4.57 Å². The van der Waals surface area contributed by atoms with Gasteiger partial charge in [-0.1, -0.05) is 13.5 Å². The third kappa shape index (κ3) is 18.3. The lowest BCUT2D eigenvalue weighted by molar-refractivity contribution is -0.113. The fourth-order valence-corrected chi connectivity index (χ4v) is 0.656. The molecule has 0 saturated heterocycles. The first-order valence-electron chi connectivity index (χ1n) is 3.64. The zero-order chi connectivity index (χ0) is 10.7. The van der Waals surface area contributed by atoms with Gasteiger partial charge in [-0.25, -0.2) is 0 Å².